The molecule has 0 aliphatic carbocycles. The van der Waals surface area contributed by atoms with E-state index in [1.807, 2.05) is 0 Å². The number of anilines is 1. The molecular formula is C14H13BrFNO3S. The Morgan fingerprint density at radius 2 is 1.81 bits per heavy atom. The van der Waals surface area contributed by atoms with E-state index in [2.05, 4.69) is 20.7 Å². The van der Waals surface area contributed by atoms with Crippen LogP contribution in [-0.4, -0.2) is 20.1 Å². The molecule has 2 N–H and O–H groups in total. The lowest BCUT2D eigenvalue weighted by Crippen LogP contribution is -2.14. The third-order valence-corrected chi connectivity index (χ3v) is 4.86. The van der Waals surface area contributed by atoms with Gasteiger partial charge in [-0.25, -0.2) is 12.8 Å². The second-order valence-electron chi connectivity index (χ2n) is 4.32. The van der Waals surface area contributed by atoms with E-state index < -0.39 is 15.8 Å². The lowest BCUT2D eigenvalue weighted by Gasteiger charge is -2.11. The van der Waals surface area contributed by atoms with Crippen LogP contribution in [0.15, 0.2) is 51.8 Å². The average Bonchev–Trinajstić information content (AvgIpc) is 2.44. The topological polar surface area (TPSA) is 66.4 Å². The minimum absolute atomic E-state index is 0.00742. The second-order valence-corrected chi connectivity index (χ2v) is 6.86. The normalized spacial score (nSPS) is 11.4. The van der Waals surface area contributed by atoms with Crippen LogP contribution >= 0.6 is 15.9 Å². The van der Waals surface area contributed by atoms with Gasteiger partial charge in [0, 0.05) is 11.1 Å². The summed E-state index contributed by atoms with van der Waals surface area (Å²) >= 11 is 3.11. The number of sulfonamides is 1. The summed E-state index contributed by atoms with van der Waals surface area (Å²) in [5, 5.41) is 8.83. The lowest BCUT2D eigenvalue weighted by atomic mass is 10.2. The van der Waals surface area contributed by atoms with Crippen LogP contribution in [0.4, 0.5) is 10.1 Å². The minimum Gasteiger partial charge on any atom is -0.396 e. The molecule has 21 heavy (non-hydrogen) atoms. The molecule has 0 unspecified atom stereocenters. The Morgan fingerprint density at radius 1 is 1.14 bits per heavy atom. The molecule has 0 aliphatic rings. The molecule has 0 saturated carbocycles. The molecule has 0 spiro atoms. The molecule has 2 aromatic rings. The zero-order valence-electron chi connectivity index (χ0n) is 10.9. The second kappa shape index (κ2) is 6.55. The van der Waals surface area contributed by atoms with Gasteiger partial charge in [0.15, 0.2) is 0 Å². The van der Waals surface area contributed by atoms with E-state index in [4.69, 9.17) is 5.11 Å². The SMILES string of the molecule is O=S(=O)(Nc1c(F)cccc1Br)c1ccc(CCO)cc1. The van der Waals surface area contributed by atoms with Gasteiger partial charge in [0.25, 0.3) is 10.0 Å². The summed E-state index contributed by atoms with van der Waals surface area (Å²) in [6.07, 6.45) is 0.451. The van der Waals surface area contributed by atoms with Gasteiger partial charge in [-0.3, -0.25) is 4.72 Å². The van der Waals surface area contributed by atoms with Crippen molar-refractivity contribution in [1.29, 1.82) is 0 Å². The first kappa shape index (κ1) is 15.9. The number of hydrogen-bond acceptors (Lipinski definition) is 3. The van der Waals surface area contributed by atoms with Crippen LogP contribution in [0, 0.1) is 5.82 Å². The third-order valence-electron chi connectivity index (χ3n) is 2.83. The van der Waals surface area contributed by atoms with E-state index in [0.29, 0.717) is 10.9 Å². The molecule has 2 rings (SSSR count). The zero-order chi connectivity index (χ0) is 15.5. The van der Waals surface area contributed by atoms with Crippen LogP contribution in [0.2, 0.25) is 0 Å². The van der Waals surface area contributed by atoms with E-state index in [9.17, 15) is 12.8 Å². The van der Waals surface area contributed by atoms with Crippen LogP contribution in [0.5, 0.6) is 0 Å². The molecule has 7 heteroatoms. The molecule has 0 bridgehead atoms. The maximum Gasteiger partial charge on any atom is 0.262 e. The van der Waals surface area contributed by atoms with E-state index in [0.717, 1.165) is 5.56 Å². The molecule has 0 aliphatic heterocycles. The largest absolute Gasteiger partial charge is 0.396 e. The summed E-state index contributed by atoms with van der Waals surface area (Å²) in [4.78, 5) is 0.0272. The number of aliphatic hydroxyl groups excluding tert-OH is 1. The summed E-state index contributed by atoms with van der Waals surface area (Å²) in [6.45, 7) is -0.00742. The van der Waals surface area contributed by atoms with Crippen molar-refractivity contribution in [2.75, 3.05) is 11.3 Å². The molecular weight excluding hydrogens is 361 g/mol. The molecule has 0 radical (unpaired) electrons. The molecule has 0 fully saturated rings. The highest BCUT2D eigenvalue weighted by Crippen LogP contribution is 2.27. The Kier molecular flexibility index (Phi) is 4.97. The number of hydrogen-bond donors (Lipinski definition) is 2. The Labute approximate surface area is 130 Å². The lowest BCUT2D eigenvalue weighted by molar-refractivity contribution is 0.299. The Balaban J connectivity index is 2.30. The molecule has 2 aromatic carbocycles. The highest BCUT2D eigenvalue weighted by molar-refractivity contribution is 9.10. The molecule has 0 heterocycles. The molecule has 0 atom stereocenters. The van der Waals surface area contributed by atoms with Gasteiger partial charge in [0.1, 0.15) is 5.82 Å². The number of para-hydroxylation sites is 1. The number of nitrogens with one attached hydrogen (secondary N) is 1. The Morgan fingerprint density at radius 3 is 2.38 bits per heavy atom. The van der Waals surface area contributed by atoms with Crippen molar-refractivity contribution in [1.82, 2.24) is 0 Å². The summed E-state index contributed by atoms with van der Waals surface area (Å²) in [7, 11) is -3.87. The van der Waals surface area contributed by atoms with Gasteiger partial charge in [0.05, 0.1) is 10.6 Å². The minimum atomic E-state index is -3.87. The van der Waals surface area contributed by atoms with Gasteiger partial charge >= 0.3 is 0 Å². The van der Waals surface area contributed by atoms with Gasteiger partial charge in [-0.15, -0.1) is 0 Å². The number of benzene rings is 2. The monoisotopic (exact) mass is 373 g/mol. The standard InChI is InChI=1S/C14H13BrFNO3S/c15-12-2-1-3-13(16)14(12)17-21(19,20)11-6-4-10(5-7-11)8-9-18/h1-7,17-18H,8-9H2. The van der Waals surface area contributed by atoms with E-state index in [1.165, 1.54) is 24.3 Å². The van der Waals surface area contributed by atoms with Crippen molar-refractivity contribution in [3.63, 3.8) is 0 Å². The summed E-state index contributed by atoms with van der Waals surface area (Å²) in [6, 6.07) is 10.3. The fourth-order valence-corrected chi connectivity index (χ4v) is 3.41. The van der Waals surface area contributed by atoms with Crippen LogP contribution in [0.1, 0.15) is 5.56 Å². The fraction of sp³-hybridized carbons (Fsp3) is 0.143. The number of halogens is 2. The van der Waals surface area contributed by atoms with Crippen molar-refractivity contribution in [3.8, 4) is 0 Å². The van der Waals surface area contributed by atoms with Gasteiger partial charge < -0.3 is 5.11 Å². The van der Waals surface area contributed by atoms with Crippen LogP contribution in [0.3, 0.4) is 0 Å². The van der Waals surface area contributed by atoms with Crippen molar-refractivity contribution in [2.45, 2.75) is 11.3 Å². The predicted molar refractivity (Wildman–Crippen MR) is 82.1 cm³/mol. The average molecular weight is 374 g/mol. The number of aliphatic hydroxyl groups is 1. The van der Waals surface area contributed by atoms with Crippen molar-refractivity contribution in [2.24, 2.45) is 0 Å². The highest BCUT2D eigenvalue weighted by atomic mass is 79.9. The maximum atomic E-state index is 13.7. The van der Waals surface area contributed by atoms with Crippen molar-refractivity contribution in [3.05, 3.63) is 58.3 Å². The molecule has 0 amide bonds. The third kappa shape index (κ3) is 3.81. The molecule has 4 nitrogen and oxygen atoms in total. The predicted octanol–water partition coefficient (Wildman–Crippen LogP) is 2.92. The molecule has 112 valence electrons. The van der Waals surface area contributed by atoms with E-state index in [-0.39, 0.29) is 17.2 Å². The quantitative estimate of drug-likeness (QED) is 0.846. The first-order valence-electron chi connectivity index (χ1n) is 6.10. The smallest absolute Gasteiger partial charge is 0.262 e. The van der Waals surface area contributed by atoms with Gasteiger partial charge in [0.2, 0.25) is 0 Å². The van der Waals surface area contributed by atoms with Crippen molar-refractivity contribution >= 4 is 31.6 Å². The Hall–Kier alpha value is -1.44. The van der Waals surface area contributed by atoms with Crippen molar-refractivity contribution < 1.29 is 17.9 Å². The van der Waals surface area contributed by atoms with Crippen LogP contribution < -0.4 is 4.72 Å². The first-order chi connectivity index (χ1) is 9.94. The van der Waals surface area contributed by atoms with E-state index >= 15 is 0 Å². The van der Waals surface area contributed by atoms with Gasteiger partial charge in [-0.2, -0.15) is 0 Å². The van der Waals surface area contributed by atoms with E-state index in [1.54, 1.807) is 18.2 Å². The van der Waals surface area contributed by atoms with Crippen LogP contribution in [0.25, 0.3) is 0 Å². The van der Waals surface area contributed by atoms with Gasteiger partial charge in [-0.1, -0.05) is 18.2 Å². The maximum absolute atomic E-state index is 13.7. The number of rotatable bonds is 5. The fourth-order valence-electron chi connectivity index (χ4n) is 1.75. The molecule has 0 aromatic heterocycles. The summed E-state index contributed by atoms with van der Waals surface area (Å²) in [5.74, 6) is -0.662. The summed E-state index contributed by atoms with van der Waals surface area (Å²) < 4.78 is 40.7. The Bertz CT molecular complexity index is 712. The van der Waals surface area contributed by atoms with Gasteiger partial charge in [-0.05, 0) is 52.2 Å². The molecule has 0 saturated heterocycles. The summed E-state index contributed by atoms with van der Waals surface area (Å²) in [5.41, 5.74) is 0.695. The highest BCUT2D eigenvalue weighted by Gasteiger charge is 2.18. The first-order valence-corrected chi connectivity index (χ1v) is 8.38. The van der Waals surface area contributed by atoms with Crippen LogP contribution in [-0.2, 0) is 16.4 Å². The zero-order valence-corrected chi connectivity index (χ0v) is 13.3.